The summed E-state index contributed by atoms with van der Waals surface area (Å²) in [7, 11) is 0. The third kappa shape index (κ3) is 2.34. The van der Waals surface area contributed by atoms with Crippen molar-refractivity contribution in [3.05, 3.63) is 30.3 Å². The van der Waals surface area contributed by atoms with Gasteiger partial charge in [-0.3, -0.25) is 9.59 Å². The SMILES string of the molecule is C=C(CC(=O)O)c1ccc2c(c1)NC(=O)C(C)O2. The Labute approximate surface area is 104 Å². The van der Waals surface area contributed by atoms with E-state index in [0.717, 1.165) is 0 Å². The van der Waals surface area contributed by atoms with Gasteiger partial charge in [0.2, 0.25) is 0 Å². The lowest BCUT2D eigenvalue weighted by molar-refractivity contribution is -0.135. The predicted octanol–water partition coefficient (Wildman–Crippen LogP) is 1.89. The van der Waals surface area contributed by atoms with E-state index in [9.17, 15) is 9.59 Å². The average molecular weight is 247 g/mol. The van der Waals surface area contributed by atoms with Gasteiger partial charge in [0.05, 0.1) is 12.1 Å². The third-order valence-electron chi connectivity index (χ3n) is 2.68. The lowest BCUT2D eigenvalue weighted by Gasteiger charge is -2.23. The van der Waals surface area contributed by atoms with Crippen LogP contribution in [0, 0.1) is 0 Å². The number of carbonyl (C=O) groups is 2. The molecule has 1 aromatic rings. The summed E-state index contributed by atoms with van der Waals surface area (Å²) in [6.45, 7) is 5.38. The van der Waals surface area contributed by atoms with Crippen LogP contribution >= 0.6 is 0 Å². The van der Waals surface area contributed by atoms with Gasteiger partial charge < -0.3 is 15.2 Å². The molecule has 0 radical (unpaired) electrons. The average Bonchev–Trinajstić information content (AvgIpc) is 2.29. The molecule has 0 aromatic heterocycles. The Hall–Kier alpha value is -2.30. The Morgan fingerprint density at radius 3 is 2.94 bits per heavy atom. The van der Waals surface area contributed by atoms with Crippen LogP contribution in [0.4, 0.5) is 5.69 Å². The molecule has 1 amide bonds. The maximum absolute atomic E-state index is 11.5. The van der Waals surface area contributed by atoms with E-state index in [4.69, 9.17) is 9.84 Å². The number of hydrogen-bond donors (Lipinski definition) is 2. The standard InChI is InChI=1S/C13H13NO4/c1-7(5-12(15)16)9-3-4-11-10(6-9)14-13(17)8(2)18-11/h3-4,6,8H,1,5H2,2H3,(H,14,17)(H,15,16). The Bertz CT molecular complexity index is 536. The van der Waals surface area contributed by atoms with Gasteiger partial charge in [0.15, 0.2) is 6.10 Å². The second-order valence-electron chi connectivity index (χ2n) is 4.13. The Morgan fingerprint density at radius 2 is 2.28 bits per heavy atom. The van der Waals surface area contributed by atoms with Crippen molar-refractivity contribution in [2.24, 2.45) is 0 Å². The number of fused-ring (bicyclic) bond motifs is 1. The number of hydrogen-bond acceptors (Lipinski definition) is 3. The summed E-state index contributed by atoms with van der Waals surface area (Å²) in [4.78, 5) is 22.1. The Morgan fingerprint density at radius 1 is 1.56 bits per heavy atom. The highest BCUT2D eigenvalue weighted by molar-refractivity contribution is 5.98. The fourth-order valence-corrected chi connectivity index (χ4v) is 1.71. The summed E-state index contributed by atoms with van der Waals surface area (Å²) in [5.74, 6) is -0.580. The van der Waals surface area contributed by atoms with Gasteiger partial charge in [0.25, 0.3) is 5.91 Å². The van der Waals surface area contributed by atoms with Gasteiger partial charge in [-0.25, -0.2) is 0 Å². The number of carboxylic acid groups (broad SMARTS) is 1. The molecule has 5 nitrogen and oxygen atoms in total. The van der Waals surface area contributed by atoms with Crippen molar-refractivity contribution in [1.29, 1.82) is 0 Å². The van der Waals surface area contributed by atoms with Crippen molar-refractivity contribution in [2.45, 2.75) is 19.4 Å². The first-order valence-corrected chi connectivity index (χ1v) is 5.49. The molecular formula is C13H13NO4. The molecule has 0 aliphatic carbocycles. The molecule has 1 aliphatic heterocycles. The topological polar surface area (TPSA) is 75.6 Å². The first kappa shape index (κ1) is 12.2. The molecule has 1 unspecified atom stereocenters. The molecule has 0 saturated carbocycles. The predicted molar refractivity (Wildman–Crippen MR) is 66.4 cm³/mol. The van der Waals surface area contributed by atoms with Crippen LogP contribution in [0.2, 0.25) is 0 Å². The molecule has 18 heavy (non-hydrogen) atoms. The summed E-state index contributed by atoms with van der Waals surface area (Å²) in [6, 6.07) is 5.10. The van der Waals surface area contributed by atoms with Crippen LogP contribution in [0.5, 0.6) is 5.75 Å². The number of rotatable bonds is 3. The molecule has 0 bridgehead atoms. The van der Waals surface area contributed by atoms with E-state index in [2.05, 4.69) is 11.9 Å². The van der Waals surface area contributed by atoms with Crippen LogP contribution in [0.1, 0.15) is 18.9 Å². The van der Waals surface area contributed by atoms with E-state index in [-0.39, 0.29) is 12.3 Å². The Kier molecular flexibility index (Phi) is 3.06. The molecule has 2 N–H and O–H groups in total. The van der Waals surface area contributed by atoms with E-state index in [1.54, 1.807) is 25.1 Å². The number of ether oxygens (including phenoxy) is 1. The first-order valence-electron chi connectivity index (χ1n) is 5.49. The summed E-state index contributed by atoms with van der Waals surface area (Å²) >= 11 is 0. The molecule has 94 valence electrons. The number of carbonyl (C=O) groups excluding carboxylic acids is 1. The maximum atomic E-state index is 11.5. The fraction of sp³-hybridized carbons (Fsp3) is 0.231. The molecule has 0 fully saturated rings. The second-order valence-corrected chi connectivity index (χ2v) is 4.13. The monoisotopic (exact) mass is 247 g/mol. The lowest BCUT2D eigenvalue weighted by Crippen LogP contribution is -2.34. The van der Waals surface area contributed by atoms with E-state index < -0.39 is 12.1 Å². The molecule has 0 spiro atoms. The smallest absolute Gasteiger partial charge is 0.307 e. The molecular weight excluding hydrogens is 234 g/mol. The van der Waals surface area contributed by atoms with Crippen LogP contribution in [0.15, 0.2) is 24.8 Å². The molecule has 1 atom stereocenters. The Balaban J connectivity index is 2.27. The maximum Gasteiger partial charge on any atom is 0.307 e. The number of benzene rings is 1. The van der Waals surface area contributed by atoms with Gasteiger partial charge in [-0.15, -0.1) is 0 Å². The van der Waals surface area contributed by atoms with E-state index in [1.807, 2.05) is 0 Å². The van der Waals surface area contributed by atoms with Crippen LogP contribution < -0.4 is 10.1 Å². The van der Waals surface area contributed by atoms with E-state index in [0.29, 0.717) is 22.6 Å². The van der Waals surface area contributed by atoms with Gasteiger partial charge in [0.1, 0.15) is 5.75 Å². The van der Waals surface area contributed by atoms with Crippen LogP contribution in [0.3, 0.4) is 0 Å². The van der Waals surface area contributed by atoms with Crippen LogP contribution in [0.25, 0.3) is 5.57 Å². The lowest BCUT2D eigenvalue weighted by atomic mass is 10.0. The van der Waals surface area contributed by atoms with E-state index in [1.165, 1.54) is 0 Å². The number of carboxylic acids is 1. The zero-order chi connectivity index (χ0) is 13.3. The largest absolute Gasteiger partial charge is 0.481 e. The summed E-state index contributed by atoms with van der Waals surface area (Å²) in [5, 5.41) is 11.4. The molecule has 1 aliphatic rings. The first-order chi connectivity index (χ1) is 8.47. The van der Waals surface area contributed by atoms with Gasteiger partial charge in [-0.05, 0) is 30.2 Å². The molecule has 2 rings (SSSR count). The molecule has 0 saturated heterocycles. The highest BCUT2D eigenvalue weighted by Gasteiger charge is 2.23. The summed E-state index contributed by atoms with van der Waals surface area (Å²) in [5.41, 5.74) is 1.70. The third-order valence-corrected chi connectivity index (χ3v) is 2.68. The number of nitrogens with one attached hydrogen (secondary N) is 1. The van der Waals surface area contributed by atoms with Gasteiger partial charge in [-0.1, -0.05) is 12.6 Å². The van der Waals surface area contributed by atoms with Gasteiger partial charge >= 0.3 is 5.97 Å². The zero-order valence-corrected chi connectivity index (χ0v) is 9.90. The number of aliphatic carboxylic acids is 1. The van der Waals surface area contributed by atoms with Crippen molar-refractivity contribution in [3.8, 4) is 5.75 Å². The van der Waals surface area contributed by atoms with Crippen LogP contribution in [-0.4, -0.2) is 23.1 Å². The highest BCUT2D eigenvalue weighted by Crippen LogP contribution is 2.32. The van der Waals surface area contributed by atoms with Crippen LogP contribution in [-0.2, 0) is 9.59 Å². The normalized spacial score (nSPS) is 17.4. The van der Waals surface area contributed by atoms with Gasteiger partial charge in [0, 0.05) is 0 Å². The minimum atomic E-state index is -0.938. The van der Waals surface area contributed by atoms with Crippen molar-refractivity contribution in [3.63, 3.8) is 0 Å². The molecule has 1 heterocycles. The van der Waals surface area contributed by atoms with Gasteiger partial charge in [-0.2, -0.15) is 0 Å². The molecule has 1 aromatic carbocycles. The zero-order valence-electron chi connectivity index (χ0n) is 9.90. The summed E-state index contributed by atoms with van der Waals surface area (Å²) < 4.78 is 5.40. The van der Waals surface area contributed by atoms with Crippen molar-refractivity contribution in [2.75, 3.05) is 5.32 Å². The summed E-state index contributed by atoms with van der Waals surface area (Å²) in [6.07, 6.45) is -0.658. The second kappa shape index (κ2) is 4.52. The number of anilines is 1. The minimum absolute atomic E-state index is 0.135. The van der Waals surface area contributed by atoms with Crippen molar-refractivity contribution >= 4 is 23.1 Å². The van der Waals surface area contributed by atoms with E-state index >= 15 is 0 Å². The quantitative estimate of drug-likeness (QED) is 0.855. The fourth-order valence-electron chi connectivity index (χ4n) is 1.71. The number of amides is 1. The minimum Gasteiger partial charge on any atom is -0.481 e. The van der Waals surface area contributed by atoms with Crippen molar-refractivity contribution < 1.29 is 19.4 Å². The van der Waals surface area contributed by atoms with Crippen molar-refractivity contribution in [1.82, 2.24) is 0 Å². The highest BCUT2D eigenvalue weighted by atomic mass is 16.5. The molecule has 5 heteroatoms.